The molecule has 1 aromatic carbocycles. The van der Waals surface area contributed by atoms with Crippen molar-refractivity contribution in [3.63, 3.8) is 0 Å². The highest BCUT2D eigenvalue weighted by Gasteiger charge is 2.40. The average molecular weight is 386 g/mol. The quantitative estimate of drug-likeness (QED) is 0.793. The van der Waals surface area contributed by atoms with E-state index in [-0.39, 0.29) is 31.2 Å². The van der Waals surface area contributed by atoms with Gasteiger partial charge in [-0.25, -0.2) is 19.8 Å². The van der Waals surface area contributed by atoms with Crippen LogP contribution in [0.1, 0.15) is 41.5 Å². The van der Waals surface area contributed by atoms with Crippen molar-refractivity contribution in [3.05, 3.63) is 34.4 Å². The van der Waals surface area contributed by atoms with E-state index in [4.69, 9.17) is 0 Å². The molecule has 2 fully saturated rings. The van der Waals surface area contributed by atoms with Gasteiger partial charge in [0.1, 0.15) is 12.3 Å². The fraction of sp³-hybridized carbons (Fsp3) is 0.500. The zero-order valence-electron chi connectivity index (χ0n) is 16.5. The fourth-order valence-electron chi connectivity index (χ4n) is 3.97. The van der Waals surface area contributed by atoms with E-state index < -0.39 is 12.1 Å². The molecular weight excluding hydrogens is 360 g/mol. The second kappa shape index (κ2) is 8.00. The van der Waals surface area contributed by atoms with Crippen molar-refractivity contribution in [2.75, 3.05) is 13.1 Å². The van der Waals surface area contributed by atoms with Crippen molar-refractivity contribution >= 4 is 24.1 Å². The van der Waals surface area contributed by atoms with E-state index in [1.807, 2.05) is 32.9 Å². The number of amides is 4. The predicted octanol–water partition coefficient (Wildman–Crippen LogP) is 1.42. The highest BCUT2D eigenvalue weighted by molar-refractivity contribution is 5.88. The Kier molecular flexibility index (Phi) is 5.67. The Morgan fingerprint density at radius 3 is 2.50 bits per heavy atom. The van der Waals surface area contributed by atoms with Crippen LogP contribution in [0.3, 0.4) is 0 Å². The highest BCUT2D eigenvalue weighted by Crippen LogP contribution is 2.22. The predicted molar refractivity (Wildman–Crippen MR) is 102 cm³/mol. The molecule has 2 aliphatic heterocycles. The van der Waals surface area contributed by atoms with Crippen LogP contribution in [0.15, 0.2) is 12.1 Å². The number of aryl methyl sites for hydroxylation is 3. The van der Waals surface area contributed by atoms with Gasteiger partial charge in [-0.05, 0) is 50.3 Å². The molecular formula is C20H26N4O4. The lowest BCUT2D eigenvalue weighted by molar-refractivity contribution is -0.151. The second-order valence-corrected chi connectivity index (χ2v) is 7.48. The Balaban J connectivity index is 1.76. The van der Waals surface area contributed by atoms with E-state index >= 15 is 0 Å². The highest BCUT2D eigenvalue weighted by atomic mass is 16.2. The van der Waals surface area contributed by atoms with Gasteiger partial charge in [-0.15, -0.1) is 0 Å². The van der Waals surface area contributed by atoms with Gasteiger partial charge in [-0.3, -0.25) is 15.0 Å². The lowest BCUT2D eigenvalue weighted by Gasteiger charge is -2.41. The van der Waals surface area contributed by atoms with Crippen molar-refractivity contribution in [2.24, 2.45) is 0 Å². The summed E-state index contributed by atoms with van der Waals surface area (Å²) in [5, 5.41) is 3.68. The summed E-state index contributed by atoms with van der Waals surface area (Å²) in [6.45, 7) is 6.40. The lowest BCUT2D eigenvalue weighted by atomic mass is 9.97. The molecule has 0 bridgehead atoms. The third kappa shape index (κ3) is 3.85. The number of carbonyl (C=O) groups excluding carboxylic acids is 4. The summed E-state index contributed by atoms with van der Waals surface area (Å²) in [5.74, 6) is -0.550. The van der Waals surface area contributed by atoms with Gasteiger partial charge in [-0.1, -0.05) is 17.7 Å². The summed E-state index contributed by atoms with van der Waals surface area (Å²) in [4.78, 5) is 49.4. The molecule has 0 spiro atoms. The maximum atomic E-state index is 12.9. The Labute approximate surface area is 164 Å². The molecule has 3 rings (SSSR count). The minimum atomic E-state index is -0.690. The van der Waals surface area contributed by atoms with Crippen LogP contribution in [-0.2, 0) is 20.8 Å². The van der Waals surface area contributed by atoms with Crippen LogP contribution >= 0.6 is 0 Å². The van der Waals surface area contributed by atoms with Crippen LogP contribution in [0.5, 0.6) is 0 Å². The molecule has 0 aliphatic carbocycles. The molecule has 0 saturated carbocycles. The van der Waals surface area contributed by atoms with Crippen molar-refractivity contribution in [2.45, 2.75) is 52.5 Å². The molecule has 0 aromatic heterocycles. The second-order valence-electron chi connectivity index (χ2n) is 7.48. The fourth-order valence-corrected chi connectivity index (χ4v) is 3.97. The maximum Gasteiger partial charge on any atom is 0.358 e. The number of benzene rings is 1. The van der Waals surface area contributed by atoms with Crippen LogP contribution in [0.4, 0.5) is 4.79 Å². The molecule has 2 heterocycles. The minimum absolute atomic E-state index is 0.0772. The first-order valence-electron chi connectivity index (χ1n) is 9.54. The first-order valence-corrected chi connectivity index (χ1v) is 9.54. The number of hydrazine groups is 2. The number of hydrogen-bond acceptors (Lipinski definition) is 4. The van der Waals surface area contributed by atoms with Crippen molar-refractivity contribution in [1.82, 2.24) is 20.5 Å². The van der Waals surface area contributed by atoms with Crippen LogP contribution in [0, 0.1) is 20.8 Å². The zero-order chi connectivity index (χ0) is 20.4. The molecule has 1 aromatic rings. The minimum Gasteiger partial charge on any atom is -0.301 e. The molecule has 1 atom stereocenters. The Morgan fingerprint density at radius 1 is 1.18 bits per heavy atom. The summed E-state index contributed by atoms with van der Waals surface area (Å²) in [6, 6.07) is 2.80. The number of rotatable bonds is 4. The third-order valence-corrected chi connectivity index (χ3v) is 5.30. The van der Waals surface area contributed by atoms with E-state index in [9.17, 15) is 19.2 Å². The number of carbonyl (C=O) groups is 4. The normalized spacial score (nSPS) is 20.0. The third-order valence-electron chi connectivity index (χ3n) is 5.30. The number of nitrogens with zero attached hydrogens (tertiary/aromatic N) is 3. The Morgan fingerprint density at radius 2 is 1.86 bits per heavy atom. The number of fused-ring (bicyclic) bond motifs is 1. The molecule has 0 unspecified atom stereocenters. The molecule has 4 amide bonds. The van der Waals surface area contributed by atoms with Crippen LogP contribution in [-0.4, -0.2) is 58.3 Å². The van der Waals surface area contributed by atoms with Crippen LogP contribution < -0.4 is 5.43 Å². The van der Waals surface area contributed by atoms with Gasteiger partial charge < -0.3 is 4.79 Å². The van der Waals surface area contributed by atoms with Crippen molar-refractivity contribution < 1.29 is 19.2 Å². The van der Waals surface area contributed by atoms with Gasteiger partial charge >= 0.3 is 6.03 Å². The molecule has 28 heavy (non-hydrogen) atoms. The monoisotopic (exact) mass is 386 g/mol. The van der Waals surface area contributed by atoms with Crippen LogP contribution in [0.25, 0.3) is 0 Å². The number of aldehydes is 1. The lowest BCUT2D eigenvalue weighted by Crippen LogP contribution is -2.61. The summed E-state index contributed by atoms with van der Waals surface area (Å²) < 4.78 is 0. The first kappa shape index (κ1) is 19.9. The van der Waals surface area contributed by atoms with Gasteiger partial charge in [-0.2, -0.15) is 0 Å². The van der Waals surface area contributed by atoms with Crippen LogP contribution in [0.2, 0.25) is 0 Å². The van der Waals surface area contributed by atoms with Crippen molar-refractivity contribution in [3.8, 4) is 0 Å². The van der Waals surface area contributed by atoms with Gasteiger partial charge in [0.2, 0.25) is 11.8 Å². The topological polar surface area (TPSA) is 90.0 Å². The largest absolute Gasteiger partial charge is 0.358 e. The van der Waals surface area contributed by atoms with E-state index in [0.29, 0.717) is 25.7 Å². The van der Waals surface area contributed by atoms with Gasteiger partial charge in [0.25, 0.3) is 0 Å². The summed E-state index contributed by atoms with van der Waals surface area (Å²) in [6.07, 6.45) is 2.08. The van der Waals surface area contributed by atoms with E-state index in [1.165, 1.54) is 10.0 Å². The smallest absolute Gasteiger partial charge is 0.301 e. The molecule has 2 aliphatic rings. The SMILES string of the molecule is Cc1cc(C)c(CC(=O)NN2CCC(=O)N3CCC[C@@H](C=O)N3C2=O)c(C)c1. The molecule has 0 radical (unpaired) electrons. The Hall–Kier alpha value is -2.90. The van der Waals surface area contributed by atoms with Crippen molar-refractivity contribution in [1.29, 1.82) is 0 Å². The molecule has 150 valence electrons. The zero-order valence-corrected chi connectivity index (χ0v) is 16.5. The average Bonchev–Trinajstić information content (AvgIpc) is 2.77. The van der Waals surface area contributed by atoms with Gasteiger partial charge in [0, 0.05) is 13.0 Å². The summed E-state index contributed by atoms with van der Waals surface area (Å²) in [7, 11) is 0. The van der Waals surface area contributed by atoms with E-state index in [1.54, 1.807) is 0 Å². The summed E-state index contributed by atoms with van der Waals surface area (Å²) >= 11 is 0. The molecule has 2 saturated heterocycles. The van der Waals surface area contributed by atoms with E-state index in [2.05, 4.69) is 5.43 Å². The standard InChI is InChI=1S/C20H26N4O4/c1-13-9-14(2)17(15(3)10-13)11-18(26)21-22-8-6-19(27)23-7-4-5-16(12-25)24(23)20(22)28/h9-10,12,16H,4-8,11H2,1-3H3,(H,21,26)/t16-/m0/s1. The van der Waals surface area contributed by atoms with Gasteiger partial charge in [0.05, 0.1) is 13.0 Å². The maximum absolute atomic E-state index is 12.9. The first-order chi connectivity index (χ1) is 13.3. The van der Waals surface area contributed by atoms with Gasteiger partial charge in [0.15, 0.2) is 0 Å². The molecule has 8 heteroatoms. The molecule has 1 N–H and O–H groups in total. The number of nitrogens with one attached hydrogen (secondary N) is 1. The number of urea groups is 1. The summed E-state index contributed by atoms with van der Waals surface area (Å²) in [5.41, 5.74) is 6.73. The molecule has 8 nitrogen and oxygen atoms in total. The number of hydrogen-bond donors (Lipinski definition) is 1. The Bertz CT molecular complexity index is 799. The van der Waals surface area contributed by atoms with E-state index in [0.717, 1.165) is 27.3 Å².